The molecule has 0 aliphatic carbocycles. The van der Waals surface area contributed by atoms with Crippen LogP contribution >= 0.6 is 0 Å². The van der Waals surface area contributed by atoms with Crippen molar-refractivity contribution in [2.75, 3.05) is 25.0 Å². The van der Waals surface area contributed by atoms with Crippen molar-refractivity contribution in [3.05, 3.63) is 24.9 Å². The van der Waals surface area contributed by atoms with Gasteiger partial charge in [0.25, 0.3) is 0 Å². The maximum atomic E-state index is 4.05. The Kier molecular flexibility index (Phi) is 4.05. The molecular formula is C9H16N4. The van der Waals surface area contributed by atoms with Crippen LogP contribution in [0.1, 0.15) is 0 Å². The zero-order chi connectivity index (χ0) is 9.52. The summed E-state index contributed by atoms with van der Waals surface area (Å²) in [6, 6.07) is 1.95. The molecule has 0 spiro atoms. The van der Waals surface area contributed by atoms with Crippen LogP contribution in [-0.4, -0.2) is 29.4 Å². The first-order chi connectivity index (χ1) is 6.34. The monoisotopic (exact) mass is 180 g/mol. The smallest absolute Gasteiger partial charge is 0.123 e. The van der Waals surface area contributed by atoms with Crippen molar-refractivity contribution in [3.63, 3.8) is 0 Å². The summed E-state index contributed by atoms with van der Waals surface area (Å²) < 4.78 is 1.81. The van der Waals surface area contributed by atoms with Gasteiger partial charge < -0.3 is 10.6 Å². The molecule has 0 aliphatic heterocycles. The third-order valence-corrected chi connectivity index (χ3v) is 1.72. The minimum absolute atomic E-state index is 0.854. The van der Waals surface area contributed by atoms with Crippen molar-refractivity contribution in [2.24, 2.45) is 7.05 Å². The van der Waals surface area contributed by atoms with Crippen LogP contribution in [0.25, 0.3) is 0 Å². The van der Waals surface area contributed by atoms with Crippen LogP contribution in [0.15, 0.2) is 24.9 Å². The first kappa shape index (κ1) is 9.80. The van der Waals surface area contributed by atoms with E-state index in [1.54, 1.807) is 6.20 Å². The lowest BCUT2D eigenvalue weighted by molar-refractivity contribution is 0.743. The Hall–Kier alpha value is -1.29. The minimum Gasteiger partial charge on any atom is -0.369 e. The molecule has 0 bridgehead atoms. The SMILES string of the molecule is C=CCNCCNc1ccnn1C. The topological polar surface area (TPSA) is 41.9 Å². The van der Waals surface area contributed by atoms with Crippen molar-refractivity contribution >= 4 is 5.82 Å². The number of nitrogens with zero attached hydrogens (tertiary/aromatic N) is 2. The molecule has 0 aromatic carbocycles. The lowest BCUT2D eigenvalue weighted by atomic mass is 10.5. The summed E-state index contributed by atoms with van der Waals surface area (Å²) in [5, 5.41) is 10.5. The molecule has 0 aliphatic rings. The maximum Gasteiger partial charge on any atom is 0.123 e. The van der Waals surface area contributed by atoms with E-state index in [1.165, 1.54) is 0 Å². The van der Waals surface area contributed by atoms with Crippen molar-refractivity contribution in [1.29, 1.82) is 0 Å². The molecular weight excluding hydrogens is 164 g/mol. The number of rotatable bonds is 6. The largest absolute Gasteiger partial charge is 0.369 e. The molecule has 0 unspecified atom stereocenters. The van der Waals surface area contributed by atoms with Gasteiger partial charge in [-0.15, -0.1) is 6.58 Å². The van der Waals surface area contributed by atoms with Gasteiger partial charge in [-0.1, -0.05) is 6.08 Å². The summed E-state index contributed by atoms with van der Waals surface area (Å²) in [5.41, 5.74) is 0. The van der Waals surface area contributed by atoms with Gasteiger partial charge in [-0.2, -0.15) is 5.10 Å². The minimum atomic E-state index is 0.854. The Bertz CT molecular complexity index is 254. The number of hydrogen-bond acceptors (Lipinski definition) is 3. The lowest BCUT2D eigenvalue weighted by Gasteiger charge is -2.06. The molecule has 0 saturated heterocycles. The highest BCUT2D eigenvalue weighted by atomic mass is 15.3. The molecule has 1 rings (SSSR count). The van der Waals surface area contributed by atoms with Crippen LogP contribution in [0.3, 0.4) is 0 Å². The fourth-order valence-corrected chi connectivity index (χ4v) is 1.03. The van der Waals surface area contributed by atoms with Gasteiger partial charge in [0.1, 0.15) is 5.82 Å². The van der Waals surface area contributed by atoms with E-state index in [2.05, 4.69) is 22.3 Å². The van der Waals surface area contributed by atoms with Crippen LogP contribution in [0.2, 0.25) is 0 Å². The Morgan fingerprint density at radius 1 is 1.62 bits per heavy atom. The van der Waals surface area contributed by atoms with Crippen LogP contribution in [0, 0.1) is 0 Å². The zero-order valence-corrected chi connectivity index (χ0v) is 7.95. The number of nitrogens with one attached hydrogen (secondary N) is 2. The van der Waals surface area contributed by atoms with Crippen LogP contribution in [-0.2, 0) is 7.05 Å². The summed E-state index contributed by atoms with van der Waals surface area (Å²) >= 11 is 0. The van der Waals surface area contributed by atoms with Crippen LogP contribution in [0.5, 0.6) is 0 Å². The Morgan fingerprint density at radius 2 is 2.46 bits per heavy atom. The molecule has 0 atom stereocenters. The fraction of sp³-hybridized carbons (Fsp3) is 0.444. The van der Waals surface area contributed by atoms with Crippen molar-refractivity contribution in [3.8, 4) is 0 Å². The second-order valence-corrected chi connectivity index (χ2v) is 2.76. The zero-order valence-electron chi connectivity index (χ0n) is 7.95. The number of anilines is 1. The highest BCUT2D eigenvalue weighted by Gasteiger charge is 1.94. The predicted molar refractivity (Wildman–Crippen MR) is 54.8 cm³/mol. The van der Waals surface area contributed by atoms with Gasteiger partial charge in [0.05, 0.1) is 6.20 Å². The molecule has 72 valence electrons. The first-order valence-corrected chi connectivity index (χ1v) is 4.38. The van der Waals surface area contributed by atoms with E-state index >= 15 is 0 Å². The first-order valence-electron chi connectivity index (χ1n) is 4.38. The van der Waals surface area contributed by atoms with E-state index < -0.39 is 0 Å². The summed E-state index contributed by atoms with van der Waals surface area (Å²) in [5.74, 6) is 1.04. The van der Waals surface area contributed by atoms with Gasteiger partial charge in [-0.25, -0.2) is 0 Å². The summed E-state index contributed by atoms with van der Waals surface area (Å²) in [4.78, 5) is 0. The molecule has 0 amide bonds. The van der Waals surface area contributed by atoms with E-state index in [0.29, 0.717) is 0 Å². The Morgan fingerprint density at radius 3 is 3.08 bits per heavy atom. The average Bonchev–Trinajstić information content (AvgIpc) is 2.52. The third-order valence-electron chi connectivity index (χ3n) is 1.72. The van der Waals surface area contributed by atoms with Crippen molar-refractivity contribution in [1.82, 2.24) is 15.1 Å². The van der Waals surface area contributed by atoms with E-state index in [-0.39, 0.29) is 0 Å². The standard InChI is InChI=1S/C9H16N4/c1-3-5-10-7-8-11-9-4-6-12-13(9)2/h3-4,6,10-11H,1,5,7-8H2,2H3. The van der Waals surface area contributed by atoms with E-state index in [4.69, 9.17) is 0 Å². The van der Waals surface area contributed by atoms with Crippen LogP contribution < -0.4 is 10.6 Å². The highest BCUT2D eigenvalue weighted by Crippen LogP contribution is 2.01. The second-order valence-electron chi connectivity index (χ2n) is 2.76. The van der Waals surface area contributed by atoms with Gasteiger partial charge in [0.2, 0.25) is 0 Å². The maximum absolute atomic E-state index is 4.05. The molecule has 4 nitrogen and oxygen atoms in total. The Balaban J connectivity index is 2.13. The molecule has 4 heteroatoms. The molecule has 13 heavy (non-hydrogen) atoms. The summed E-state index contributed by atoms with van der Waals surface area (Å²) in [7, 11) is 1.92. The van der Waals surface area contributed by atoms with Crippen molar-refractivity contribution in [2.45, 2.75) is 0 Å². The van der Waals surface area contributed by atoms with Gasteiger partial charge in [0.15, 0.2) is 0 Å². The van der Waals surface area contributed by atoms with Crippen molar-refractivity contribution < 1.29 is 0 Å². The normalized spacial score (nSPS) is 9.92. The molecule has 1 aromatic rings. The van der Waals surface area contributed by atoms with E-state index in [9.17, 15) is 0 Å². The quantitative estimate of drug-likeness (QED) is 0.498. The van der Waals surface area contributed by atoms with Gasteiger partial charge >= 0.3 is 0 Å². The molecule has 2 N–H and O–H groups in total. The second kappa shape index (κ2) is 5.37. The predicted octanol–water partition coefficient (Wildman–Crippen LogP) is 0.608. The molecule has 1 aromatic heterocycles. The third kappa shape index (κ3) is 3.29. The molecule has 0 fully saturated rings. The lowest BCUT2D eigenvalue weighted by Crippen LogP contribution is -2.22. The molecule has 0 saturated carbocycles. The summed E-state index contributed by atoms with van der Waals surface area (Å²) in [6.07, 6.45) is 3.63. The number of aryl methyl sites for hydroxylation is 1. The van der Waals surface area contributed by atoms with Gasteiger partial charge in [-0.3, -0.25) is 4.68 Å². The average molecular weight is 180 g/mol. The Labute approximate surface area is 78.6 Å². The molecule has 1 heterocycles. The van der Waals surface area contributed by atoms with E-state index in [0.717, 1.165) is 25.5 Å². The number of aromatic nitrogens is 2. The fourth-order valence-electron chi connectivity index (χ4n) is 1.03. The number of hydrogen-bond donors (Lipinski definition) is 2. The van der Waals surface area contributed by atoms with Crippen LogP contribution in [0.4, 0.5) is 5.82 Å². The molecule has 0 radical (unpaired) electrons. The van der Waals surface area contributed by atoms with E-state index in [1.807, 2.05) is 23.9 Å². The van der Waals surface area contributed by atoms with Gasteiger partial charge in [-0.05, 0) is 0 Å². The highest BCUT2D eigenvalue weighted by molar-refractivity contribution is 5.33. The van der Waals surface area contributed by atoms with Gasteiger partial charge in [0, 0.05) is 32.7 Å². The summed E-state index contributed by atoms with van der Waals surface area (Å²) in [6.45, 7) is 6.30.